The van der Waals surface area contributed by atoms with Crippen molar-refractivity contribution in [1.82, 2.24) is 15.1 Å². The molecule has 0 unspecified atom stereocenters. The van der Waals surface area contributed by atoms with Gasteiger partial charge >= 0.3 is 0 Å². The van der Waals surface area contributed by atoms with Crippen LogP contribution in [0.4, 0.5) is 0 Å². The van der Waals surface area contributed by atoms with Gasteiger partial charge in [-0.3, -0.25) is 9.48 Å². The van der Waals surface area contributed by atoms with Crippen LogP contribution in [0.1, 0.15) is 27.4 Å². The van der Waals surface area contributed by atoms with Gasteiger partial charge in [0, 0.05) is 30.4 Å². The zero-order chi connectivity index (χ0) is 17.8. The van der Waals surface area contributed by atoms with Crippen molar-refractivity contribution in [3.05, 3.63) is 70.4 Å². The van der Waals surface area contributed by atoms with Crippen molar-refractivity contribution in [3.8, 4) is 5.75 Å². The summed E-state index contributed by atoms with van der Waals surface area (Å²) in [6.45, 7) is 2.54. The highest BCUT2D eigenvalue weighted by atomic mass is 35.5. The van der Waals surface area contributed by atoms with Crippen LogP contribution in [0.2, 0.25) is 5.02 Å². The van der Waals surface area contributed by atoms with Gasteiger partial charge in [0.15, 0.2) is 5.76 Å². The number of amides is 1. The lowest BCUT2D eigenvalue weighted by Gasteiger charge is -2.07. The number of benzene rings is 1. The van der Waals surface area contributed by atoms with Crippen LogP contribution in [-0.4, -0.2) is 15.7 Å². The fourth-order valence-electron chi connectivity index (χ4n) is 2.33. The lowest BCUT2D eigenvalue weighted by Crippen LogP contribution is -2.22. The summed E-state index contributed by atoms with van der Waals surface area (Å²) in [5, 5.41) is 7.51. The van der Waals surface area contributed by atoms with E-state index in [-0.39, 0.29) is 18.3 Å². The number of ether oxygens (including phenoxy) is 1. The molecule has 2 aromatic heterocycles. The molecule has 1 N–H and O–H groups in total. The molecular formula is C18H18ClN3O3. The van der Waals surface area contributed by atoms with E-state index in [9.17, 15) is 4.79 Å². The maximum Gasteiger partial charge on any atom is 0.287 e. The molecule has 7 heteroatoms. The Morgan fingerprint density at radius 2 is 2.20 bits per heavy atom. The van der Waals surface area contributed by atoms with Gasteiger partial charge in [-0.15, -0.1) is 0 Å². The van der Waals surface area contributed by atoms with Gasteiger partial charge in [-0.1, -0.05) is 11.6 Å². The van der Waals surface area contributed by atoms with E-state index in [0.29, 0.717) is 17.3 Å². The Labute approximate surface area is 150 Å². The molecule has 2 heterocycles. The number of furan rings is 1. The predicted octanol–water partition coefficient (Wildman–Crippen LogP) is 3.48. The Kier molecular flexibility index (Phi) is 5.09. The number of aromatic nitrogens is 2. The zero-order valence-corrected chi connectivity index (χ0v) is 14.7. The van der Waals surface area contributed by atoms with Crippen molar-refractivity contribution in [1.29, 1.82) is 0 Å². The Balaban J connectivity index is 1.55. The number of nitrogens with one attached hydrogen (secondary N) is 1. The SMILES string of the molecule is Cc1cc(Cl)ccc1OCc1ccc(C(=O)NCc2cnn(C)c2)o1. The molecule has 0 atom stereocenters. The lowest BCUT2D eigenvalue weighted by molar-refractivity contribution is 0.0919. The van der Waals surface area contributed by atoms with Crippen LogP contribution >= 0.6 is 11.6 Å². The maximum atomic E-state index is 12.1. The molecule has 1 amide bonds. The maximum absolute atomic E-state index is 12.1. The first-order chi connectivity index (χ1) is 12.0. The van der Waals surface area contributed by atoms with E-state index in [1.54, 1.807) is 29.1 Å². The van der Waals surface area contributed by atoms with Gasteiger partial charge in [-0.25, -0.2) is 0 Å². The largest absolute Gasteiger partial charge is 0.485 e. The summed E-state index contributed by atoms with van der Waals surface area (Å²) < 4.78 is 12.9. The molecule has 0 aliphatic carbocycles. The van der Waals surface area contributed by atoms with Gasteiger partial charge in [0.05, 0.1) is 6.20 Å². The number of nitrogens with zero attached hydrogens (tertiary/aromatic N) is 2. The lowest BCUT2D eigenvalue weighted by atomic mass is 10.2. The van der Waals surface area contributed by atoms with E-state index >= 15 is 0 Å². The van der Waals surface area contributed by atoms with Gasteiger partial charge in [0.2, 0.25) is 0 Å². The van der Waals surface area contributed by atoms with Crippen molar-refractivity contribution in [3.63, 3.8) is 0 Å². The van der Waals surface area contributed by atoms with Crippen molar-refractivity contribution >= 4 is 17.5 Å². The fourth-order valence-corrected chi connectivity index (χ4v) is 2.56. The number of carbonyl (C=O) groups excluding carboxylic acids is 1. The molecule has 0 fully saturated rings. The first-order valence-electron chi connectivity index (χ1n) is 7.74. The second-order valence-electron chi connectivity index (χ2n) is 5.67. The second kappa shape index (κ2) is 7.44. The topological polar surface area (TPSA) is 69.3 Å². The number of halogens is 1. The summed E-state index contributed by atoms with van der Waals surface area (Å²) in [7, 11) is 1.83. The highest BCUT2D eigenvalue weighted by Gasteiger charge is 2.12. The summed E-state index contributed by atoms with van der Waals surface area (Å²) in [4.78, 5) is 12.1. The highest BCUT2D eigenvalue weighted by molar-refractivity contribution is 6.30. The Hall–Kier alpha value is -2.73. The van der Waals surface area contributed by atoms with Gasteiger partial charge < -0.3 is 14.5 Å². The molecule has 1 aromatic carbocycles. The van der Waals surface area contributed by atoms with E-state index in [0.717, 1.165) is 16.9 Å². The highest BCUT2D eigenvalue weighted by Crippen LogP contribution is 2.23. The fraction of sp³-hybridized carbons (Fsp3) is 0.222. The van der Waals surface area contributed by atoms with Crippen LogP contribution in [0.3, 0.4) is 0 Å². The molecule has 25 heavy (non-hydrogen) atoms. The third-order valence-electron chi connectivity index (χ3n) is 3.60. The molecule has 0 radical (unpaired) electrons. The first-order valence-corrected chi connectivity index (χ1v) is 8.12. The molecule has 0 aliphatic heterocycles. The molecule has 3 rings (SSSR count). The number of aryl methyl sites for hydroxylation is 2. The van der Waals surface area contributed by atoms with E-state index in [2.05, 4.69) is 10.4 Å². The van der Waals surface area contributed by atoms with Crippen LogP contribution in [0.15, 0.2) is 47.1 Å². The quantitative estimate of drug-likeness (QED) is 0.731. The minimum atomic E-state index is -0.280. The molecule has 0 aliphatic rings. The first kappa shape index (κ1) is 17.1. The minimum absolute atomic E-state index is 0.234. The monoisotopic (exact) mass is 359 g/mol. The average Bonchev–Trinajstić information content (AvgIpc) is 3.21. The Bertz CT molecular complexity index is 885. The van der Waals surface area contributed by atoms with E-state index in [1.165, 1.54) is 0 Å². The normalized spacial score (nSPS) is 10.7. The molecule has 0 saturated carbocycles. The molecular weight excluding hydrogens is 342 g/mol. The summed E-state index contributed by atoms with van der Waals surface area (Å²) in [6.07, 6.45) is 3.55. The van der Waals surface area contributed by atoms with Gasteiger partial charge in [0.25, 0.3) is 5.91 Å². The van der Waals surface area contributed by atoms with E-state index < -0.39 is 0 Å². The molecule has 6 nitrogen and oxygen atoms in total. The predicted molar refractivity (Wildman–Crippen MR) is 93.6 cm³/mol. The van der Waals surface area contributed by atoms with Crippen LogP contribution < -0.4 is 10.1 Å². The average molecular weight is 360 g/mol. The number of carbonyl (C=O) groups is 1. The number of hydrogen-bond acceptors (Lipinski definition) is 4. The second-order valence-corrected chi connectivity index (χ2v) is 6.11. The standard InChI is InChI=1S/C18H18ClN3O3/c1-12-7-14(19)3-5-16(12)24-11-15-4-6-17(25-15)18(23)20-8-13-9-21-22(2)10-13/h3-7,9-10H,8,11H2,1-2H3,(H,20,23). The Morgan fingerprint density at radius 3 is 2.92 bits per heavy atom. The van der Waals surface area contributed by atoms with Crippen LogP contribution in [-0.2, 0) is 20.2 Å². The van der Waals surface area contributed by atoms with Gasteiger partial charge in [-0.2, -0.15) is 5.10 Å². The van der Waals surface area contributed by atoms with Crippen molar-refractivity contribution < 1.29 is 13.9 Å². The number of rotatable bonds is 6. The van der Waals surface area contributed by atoms with Gasteiger partial charge in [-0.05, 0) is 42.8 Å². The van der Waals surface area contributed by atoms with E-state index in [4.69, 9.17) is 20.8 Å². The van der Waals surface area contributed by atoms with Crippen molar-refractivity contribution in [2.24, 2.45) is 7.05 Å². The summed E-state index contributed by atoms with van der Waals surface area (Å²) in [5.74, 6) is 1.26. The molecule has 3 aromatic rings. The zero-order valence-electron chi connectivity index (χ0n) is 14.0. The molecule has 130 valence electrons. The smallest absolute Gasteiger partial charge is 0.287 e. The molecule has 0 spiro atoms. The van der Waals surface area contributed by atoms with Crippen molar-refractivity contribution in [2.45, 2.75) is 20.1 Å². The van der Waals surface area contributed by atoms with Crippen LogP contribution in [0.25, 0.3) is 0 Å². The van der Waals surface area contributed by atoms with Crippen molar-refractivity contribution in [2.75, 3.05) is 0 Å². The summed E-state index contributed by atoms with van der Waals surface area (Å²) in [6, 6.07) is 8.76. The summed E-state index contributed by atoms with van der Waals surface area (Å²) in [5.41, 5.74) is 1.86. The minimum Gasteiger partial charge on any atom is -0.485 e. The summed E-state index contributed by atoms with van der Waals surface area (Å²) >= 11 is 5.92. The van der Waals surface area contributed by atoms with Gasteiger partial charge in [0.1, 0.15) is 18.1 Å². The molecule has 0 saturated heterocycles. The van der Waals surface area contributed by atoms with Crippen LogP contribution in [0, 0.1) is 6.92 Å². The number of hydrogen-bond donors (Lipinski definition) is 1. The molecule has 0 bridgehead atoms. The third-order valence-corrected chi connectivity index (χ3v) is 3.84. The third kappa shape index (κ3) is 4.42. The van der Waals surface area contributed by atoms with Crippen LogP contribution in [0.5, 0.6) is 5.75 Å². The van der Waals surface area contributed by atoms with E-state index in [1.807, 2.05) is 32.3 Å². The Morgan fingerprint density at radius 1 is 1.36 bits per heavy atom.